The van der Waals surface area contributed by atoms with Crippen LogP contribution in [0.4, 0.5) is 0 Å². The van der Waals surface area contributed by atoms with Crippen LogP contribution in [0.15, 0.2) is 29.3 Å². The molecule has 1 fully saturated rings. The number of nitrogens with zero attached hydrogens (tertiary/aromatic N) is 2. The van der Waals surface area contributed by atoms with Gasteiger partial charge in [0.25, 0.3) is 0 Å². The molecule has 0 unspecified atom stereocenters. The van der Waals surface area contributed by atoms with Gasteiger partial charge < -0.3 is 15.4 Å². The van der Waals surface area contributed by atoms with Crippen molar-refractivity contribution in [2.45, 2.75) is 46.2 Å². The van der Waals surface area contributed by atoms with E-state index in [1.54, 1.807) is 7.05 Å². The number of likely N-dealkylation sites (tertiary alicyclic amines) is 1. The molecule has 0 atom stereocenters. The van der Waals surface area contributed by atoms with Crippen LogP contribution < -0.4 is 10.6 Å². The summed E-state index contributed by atoms with van der Waals surface area (Å²) >= 11 is 0. The van der Waals surface area contributed by atoms with E-state index in [-0.39, 0.29) is 0 Å². The van der Waals surface area contributed by atoms with Gasteiger partial charge in [0.1, 0.15) is 0 Å². The van der Waals surface area contributed by atoms with E-state index in [4.69, 9.17) is 4.74 Å². The lowest BCUT2D eigenvalue weighted by Gasteiger charge is -2.30. The summed E-state index contributed by atoms with van der Waals surface area (Å²) in [6.45, 7) is 11.1. The quantitative estimate of drug-likeness (QED) is 0.404. The first kappa shape index (κ1) is 20.7. The summed E-state index contributed by atoms with van der Waals surface area (Å²) < 4.78 is 5.35. The fraction of sp³-hybridized carbons (Fsp3) is 0.667. The van der Waals surface area contributed by atoms with Crippen molar-refractivity contribution in [1.29, 1.82) is 0 Å². The van der Waals surface area contributed by atoms with Crippen molar-refractivity contribution in [2.24, 2.45) is 10.9 Å². The van der Waals surface area contributed by atoms with E-state index in [1.807, 2.05) is 6.92 Å². The normalized spacial score (nSPS) is 16.7. The van der Waals surface area contributed by atoms with E-state index in [0.29, 0.717) is 0 Å². The number of benzene rings is 1. The van der Waals surface area contributed by atoms with Gasteiger partial charge in [-0.3, -0.25) is 9.89 Å². The molecule has 0 spiro atoms. The monoisotopic (exact) mass is 360 g/mol. The van der Waals surface area contributed by atoms with Crippen LogP contribution in [-0.4, -0.2) is 50.8 Å². The molecule has 0 amide bonds. The topological polar surface area (TPSA) is 48.9 Å². The summed E-state index contributed by atoms with van der Waals surface area (Å²) in [5, 5.41) is 6.69. The number of nitrogens with one attached hydrogen (secondary N) is 2. The molecule has 2 N–H and O–H groups in total. The Labute approximate surface area is 159 Å². The Morgan fingerprint density at radius 1 is 1.15 bits per heavy atom. The number of rotatable bonds is 9. The van der Waals surface area contributed by atoms with Crippen molar-refractivity contribution in [3.8, 4) is 0 Å². The maximum absolute atomic E-state index is 5.35. The van der Waals surface area contributed by atoms with Crippen LogP contribution in [0.25, 0.3) is 0 Å². The highest BCUT2D eigenvalue weighted by atomic mass is 16.5. The first-order chi connectivity index (χ1) is 12.7. The first-order valence-electron chi connectivity index (χ1n) is 10.0. The van der Waals surface area contributed by atoms with Crippen molar-refractivity contribution < 1.29 is 4.74 Å². The van der Waals surface area contributed by atoms with Crippen molar-refractivity contribution >= 4 is 5.96 Å². The average molecular weight is 361 g/mol. The molecule has 1 heterocycles. The van der Waals surface area contributed by atoms with E-state index in [9.17, 15) is 0 Å². The molecule has 0 saturated carbocycles. The average Bonchev–Trinajstić information content (AvgIpc) is 2.67. The lowest BCUT2D eigenvalue weighted by atomic mass is 9.99. The molecule has 1 aromatic rings. The van der Waals surface area contributed by atoms with E-state index in [1.165, 1.54) is 37.1 Å². The molecule has 0 aromatic heterocycles. The van der Waals surface area contributed by atoms with Gasteiger partial charge in [-0.2, -0.15) is 0 Å². The lowest BCUT2D eigenvalue weighted by Crippen LogP contribution is -2.37. The summed E-state index contributed by atoms with van der Waals surface area (Å²) in [5.41, 5.74) is 2.68. The minimum atomic E-state index is 0.778. The van der Waals surface area contributed by atoms with Crippen LogP contribution in [0.3, 0.4) is 0 Å². The van der Waals surface area contributed by atoms with Crippen LogP contribution in [0, 0.1) is 5.92 Å². The van der Waals surface area contributed by atoms with Gasteiger partial charge in [0.05, 0.1) is 0 Å². The van der Waals surface area contributed by atoms with Gasteiger partial charge in [-0.05, 0) is 56.3 Å². The molecule has 146 valence electrons. The van der Waals surface area contributed by atoms with Gasteiger partial charge in [-0.15, -0.1) is 0 Å². The van der Waals surface area contributed by atoms with Crippen molar-refractivity contribution in [1.82, 2.24) is 15.5 Å². The molecule has 5 nitrogen and oxygen atoms in total. The largest absolute Gasteiger partial charge is 0.382 e. The minimum absolute atomic E-state index is 0.778. The third kappa shape index (κ3) is 7.75. The Morgan fingerprint density at radius 3 is 2.50 bits per heavy atom. The maximum atomic E-state index is 5.35. The SMILES string of the molecule is CCOCCCNC(=NC)NCc1ccc(CN2CCC(C)CC2)cc1. The number of hydrogen-bond acceptors (Lipinski definition) is 3. The van der Waals surface area contributed by atoms with Crippen LogP contribution in [-0.2, 0) is 17.8 Å². The lowest BCUT2D eigenvalue weighted by molar-refractivity contribution is 0.145. The van der Waals surface area contributed by atoms with E-state index in [0.717, 1.165) is 51.1 Å². The Morgan fingerprint density at radius 2 is 1.85 bits per heavy atom. The van der Waals surface area contributed by atoms with Gasteiger partial charge in [0, 0.05) is 39.9 Å². The molecule has 1 aromatic carbocycles. The molecule has 26 heavy (non-hydrogen) atoms. The zero-order chi connectivity index (χ0) is 18.6. The minimum Gasteiger partial charge on any atom is -0.382 e. The van der Waals surface area contributed by atoms with Crippen molar-refractivity contribution in [3.63, 3.8) is 0 Å². The highest BCUT2D eigenvalue weighted by Crippen LogP contribution is 2.18. The molecule has 2 rings (SSSR count). The van der Waals surface area contributed by atoms with Crippen molar-refractivity contribution in [2.75, 3.05) is 39.9 Å². The highest BCUT2D eigenvalue weighted by molar-refractivity contribution is 5.79. The summed E-state index contributed by atoms with van der Waals surface area (Å²) in [4.78, 5) is 6.84. The Balaban J connectivity index is 1.69. The number of ether oxygens (including phenoxy) is 1. The Hall–Kier alpha value is -1.59. The molecule has 5 heteroatoms. The van der Waals surface area contributed by atoms with Gasteiger partial charge in [0.2, 0.25) is 0 Å². The van der Waals surface area contributed by atoms with Gasteiger partial charge in [-0.1, -0.05) is 31.2 Å². The maximum Gasteiger partial charge on any atom is 0.191 e. The fourth-order valence-electron chi connectivity index (χ4n) is 3.17. The number of guanidine groups is 1. The predicted octanol–water partition coefficient (Wildman–Crippen LogP) is 3.01. The van der Waals surface area contributed by atoms with Crippen LogP contribution in [0.5, 0.6) is 0 Å². The first-order valence-corrected chi connectivity index (χ1v) is 10.0. The predicted molar refractivity (Wildman–Crippen MR) is 109 cm³/mol. The molecule has 1 aliphatic heterocycles. The number of aliphatic imine (C=N–C) groups is 1. The number of hydrogen-bond donors (Lipinski definition) is 2. The second kappa shape index (κ2) is 11.9. The molecule has 0 radical (unpaired) electrons. The summed E-state index contributed by atoms with van der Waals surface area (Å²) in [6.07, 6.45) is 3.65. The smallest absolute Gasteiger partial charge is 0.191 e. The summed E-state index contributed by atoms with van der Waals surface area (Å²) in [6, 6.07) is 8.95. The van der Waals surface area contributed by atoms with Crippen LogP contribution in [0.1, 0.15) is 44.2 Å². The second-order valence-electron chi connectivity index (χ2n) is 7.18. The third-order valence-corrected chi connectivity index (χ3v) is 4.95. The molecule has 1 saturated heterocycles. The fourth-order valence-corrected chi connectivity index (χ4v) is 3.17. The highest BCUT2D eigenvalue weighted by Gasteiger charge is 2.15. The Bertz CT molecular complexity index is 521. The zero-order valence-electron chi connectivity index (χ0n) is 16.8. The summed E-state index contributed by atoms with van der Waals surface area (Å²) in [5.74, 6) is 1.73. The standard InChI is InChI=1S/C21H36N4O/c1-4-26-15-5-12-23-21(22-3)24-16-19-6-8-20(9-7-19)17-25-13-10-18(2)11-14-25/h6-9,18H,4-5,10-17H2,1-3H3,(H2,22,23,24). The van der Waals surface area contributed by atoms with Crippen LogP contribution >= 0.6 is 0 Å². The van der Waals surface area contributed by atoms with E-state index >= 15 is 0 Å². The molecule has 0 bridgehead atoms. The zero-order valence-corrected chi connectivity index (χ0v) is 16.8. The third-order valence-electron chi connectivity index (χ3n) is 4.95. The van der Waals surface area contributed by atoms with Gasteiger partial charge >= 0.3 is 0 Å². The van der Waals surface area contributed by atoms with Gasteiger partial charge in [0.15, 0.2) is 5.96 Å². The number of piperidine rings is 1. The Kier molecular flexibility index (Phi) is 9.50. The molecule has 0 aliphatic carbocycles. The van der Waals surface area contributed by atoms with Gasteiger partial charge in [-0.25, -0.2) is 0 Å². The van der Waals surface area contributed by atoms with Crippen molar-refractivity contribution in [3.05, 3.63) is 35.4 Å². The summed E-state index contributed by atoms with van der Waals surface area (Å²) in [7, 11) is 1.81. The molecular weight excluding hydrogens is 324 g/mol. The van der Waals surface area contributed by atoms with E-state index in [2.05, 4.69) is 51.7 Å². The van der Waals surface area contributed by atoms with Crippen LogP contribution in [0.2, 0.25) is 0 Å². The van der Waals surface area contributed by atoms with E-state index < -0.39 is 0 Å². The molecule has 1 aliphatic rings. The second-order valence-corrected chi connectivity index (χ2v) is 7.18. The molecular formula is C21H36N4O.